The van der Waals surface area contributed by atoms with Gasteiger partial charge in [0.05, 0.1) is 0 Å². The van der Waals surface area contributed by atoms with Gasteiger partial charge in [-0.1, -0.05) is 19.9 Å². The summed E-state index contributed by atoms with van der Waals surface area (Å²) in [6.07, 6.45) is 0.608. The molecule has 0 amide bonds. The molecule has 0 unspecified atom stereocenters. The highest BCUT2D eigenvalue weighted by molar-refractivity contribution is 5.50. The predicted octanol–water partition coefficient (Wildman–Crippen LogP) is 3.40. The summed E-state index contributed by atoms with van der Waals surface area (Å²) in [6.45, 7) is 4.04. The molecule has 2 nitrogen and oxygen atoms in total. The fourth-order valence-electron chi connectivity index (χ4n) is 1.61. The Morgan fingerprint density at radius 3 is 2.67 bits per heavy atom. The van der Waals surface area contributed by atoms with E-state index in [-0.39, 0.29) is 11.6 Å². The molecule has 0 bridgehead atoms. The maximum absolute atomic E-state index is 12.5. The minimum absolute atomic E-state index is 0.164. The first-order chi connectivity index (χ1) is 7.09. The van der Waals surface area contributed by atoms with E-state index in [9.17, 15) is 8.78 Å². The average molecular weight is 210 g/mol. The van der Waals surface area contributed by atoms with Crippen LogP contribution in [0.15, 0.2) is 24.5 Å². The molecule has 80 valence electrons. The van der Waals surface area contributed by atoms with Crippen LogP contribution in [-0.4, -0.2) is 9.38 Å². The third-order valence-electron chi connectivity index (χ3n) is 2.38. The minimum Gasteiger partial charge on any atom is -0.306 e. The summed E-state index contributed by atoms with van der Waals surface area (Å²) < 4.78 is 26.6. The van der Waals surface area contributed by atoms with Crippen LogP contribution in [0.4, 0.5) is 8.78 Å². The van der Waals surface area contributed by atoms with Gasteiger partial charge in [0.2, 0.25) is 0 Å². The van der Waals surface area contributed by atoms with E-state index in [0.29, 0.717) is 5.65 Å². The zero-order valence-electron chi connectivity index (χ0n) is 8.61. The molecule has 15 heavy (non-hydrogen) atoms. The van der Waals surface area contributed by atoms with Crippen LogP contribution in [0.5, 0.6) is 0 Å². The van der Waals surface area contributed by atoms with Crippen molar-refractivity contribution < 1.29 is 8.78 Å². The number of aromatic nitrogens is 2. The lowest BCUT2D eigenvalue weighted by Gasteiger charge is -2.05. The molecule has 2 aromatic heterocycles. The molecule has 0 aliphatic heterocycles. The van der Waals surface area contributed by atoms with Crippen LogP contribution in [0.1, 0.15) is 37.4 Å². The summed E-state index contributed by atoms with van der Waals surface area (Å²) in [5.74, 6) is 0.279. The highest BCUT2D eigenvalue weighted by Crippen LogP contribution is 2.23. The van der Waals surface area contributed by atoms with E-state index in [4.69, 9.17) is 0 Å². The molecule has 0 aliphatic rings. The van der Waals surface area contributed by atoms with Gasteiger partial charge in [0.25, 0.3) is 6.43 Å². The molecular formula is C11H12F2N2. The fraction of sp³-hybridized carbons (Fsp3) is 0.364. The second-order valence-electron chi connectivity index (χ2n) is 3.82. The Morgan fingerprint density at radius 2 is 2.07 bits per heavy atom. The lowest BCUT2D eigenvalue weighted by Crippen LogP contribution is -1.93. The van der Waals surface area contributed by atoms with Gasteiger partial charge >= 0.3 is 0 Å². The van der Waals surface area contributed by atoms with Crippen LogP contribution in [-0.2, 0) is 0 Å². The number of hydrogen-bond donors (Lipinski definition) is 0. The summed E-state index contributed by atoms with van der Waals surface area (Å²) in [4.78, 5) is 3.95. The van der Waals surface area contributed by atoms with E-state index in [2.05, 4.69) is 4.98 Å². The monoisotopic (exact) mass is 210 g/mol. The molecule has 0 saturated carbocycles. The molecule has 2 heterocycles. The Hall–Kier alpha value is -1.45. The SMILES string of the molecule is CC(C)c1cccn2cc(C(F)F)nc12. The first kappa shape index (κ1) is 10.1. The van der Waals surface area contributed by atoms with Crippen molar-refractivity contribution in [1.82, 2.24) is 9.38 Å². The third kappa shape index (κ3) is 1.71. The highest BCUT2D eigenvalue weighted by Gasteiger charge is 2.14. The molecule has 2 rings (SSSR count). The first-order valence-electron chi connectivity index (χ1n) is 4.85. The number of rotatable bonds is 2. The van der Waals surface area contributed by atoms with Gasteiger partial charge in [0.1, 0.15) is 11.3 Å². The standard InChI is InChI=1S/C11H12F2N2/c1-7(2)8-4-3-5-15-6-9(10(12)13)14-11(8)15/h3-7,10H,1-2H3. The second-order valence-corrected chi connectivity index (χ2v) is 3.82. The number of fused-ring (bicyclic) bond motifs is 1. The van der Waals surface area contributed by atoms with Crippen molar-refractivity contribution >= 4 is 5.65 Å². The van der Waals surface area contributed by atoms with Crippen LogP contribution in [0, 0.1) is 0 Å². The zero-order valence-corrected chi connectivity index (χ0v) is 8.61. The van der Waals surface area contributed by atoms with Crippen molar-refractivity contribution in [1.29, 1.82) is 0 Å². The van der Waals surface area contributed by atoms with Crippen molar-refractivity contribution in [2.24, 2.45) is 0 Å². The Bertz CT molecular complexity index is 474. The molecule has 0 aliphatic carbocycles. The molecule has 0 saturated heterocycles. The van der Waals surface area contributed by atoms with E-state index >= 15 is 0 Å². The van der Waals surface area contributed by atoms with Crippen LogP contribution in [0.3, 0.4) is 0 Å². The van der Waals surface area contributed by atoms with E-state index in [1.807, 2.05) is 26.0 Å². The molecule has 0 fully saturated rings. The minimum atomic E-state index is -2.51. The molecule has 2 aromatic rings. The molecule has 0 atom stereocenters. The Kier molecular flexibility index (Phi) is 2.42. The Balaban J connectivity index is 2.64. The largest absolute Gasteiger partial charge is 0.306 e. The average Bonchev–Trinajstić information content (AvgIpc) is 2.60. The molecule has 4 heteroatoms. The molecule has 0 spiro atoms. The number of halogens is 2. The molecule has 0 aromatic carbocycles. The van der Waals surface area contributed by atoms with Gasteiger partial charge in [-0.25, -0.2) is 13.8 Å². The number of imidazole rings is 1. The number of nitrogens with zero attached hydrogens (tertiary/aromatic N) is 2. The predicted molar refractivity (Wildman–Crippen MR) is 54.2 cm³/mol. The van der Waals surface area contributed by atoms with Crippen molar-refractivity contribution in [2.45, 2.75) is 26.2 Å². The van der Waals surface area contributed by atoms with Gasteiger partial charge < -0.3 is 4.40 Å². The van der Waals surface area contributed by atoms with E-state index in [1.54, 1.807) is 10.6 Å². The smallest absolute Gasteiger partial charge is 0.281 e. The van der Waals surface area contributed by atoms with Crippen molar-refractivity contribution in [3.8, 4) is 0 Å². The fourth-order valence-corrected chi connectivity index (χ4v) is 1.61. The van der Waals surface area contributed by atoms with Crippen LogP contribution in [0.25, 0.3) is 5.65 Å². The Labute approximate surface area is 86.6 Å². The maximum Gasteiger partial charge on any atom is 0.281 e. The van der Waals surface area contributed by atoms with Crippen LogP contribution >= 0.6 is 0 Å². The van der Waals surface area contributed by atoms with Gasteiger partial charge in [0.15, 0.2) is 0 Å². The zero-order chi connectivity index (χ0) is 11.0. The second kappa shape index (κ2) is 3.61. The lowest BCUT2D eigenvalue weighted by molar-refractivity contribution is 0.147. The topological polar surface area (TPSA) is 17.3 Å². The van der Waals surface area contributed by atoms with Gasteiger partial charge in [-0.3, -0.25) is 0 Å². The van der Waals surface area contributed by atoms with Crippen LogP contribution < -0.4 is 0 Å². The summed E-state index contributed by atoms with van der Waals surface area (Å²) in [5, 5.41) is 0. The third-order valence-corrected chi connectivity index (χ3v) is 2.38. The maximum atomic E-state index is 12.5. The van der Waals surface area contributed by atoms with E-state index in [0.717, 1.165) is 5.56 Å². The van der Waals surface area contributed by atoms with Crippen molar-refractivity contribution in [3.63, 3.8) is 0 Å². The highest BCUT2D eigenvalue weighted by atomic mass is 19.3. The van der Waals surface area contributed by atoms with Crippen molar-refractivity contribution in [2.75, 3.05) is 0 Å². The quantitative estimate of drug-likeness (QED) is 0.742. The van der Waals surface area contributed by atoms with E-state index < -0.39 is 6.43 Å². The van der Waals surface area contributed by atoms with Crippen molar-refractivity contribution in [3.05, 3.63) is 35.8 Å². The molecule has 0 N–H and O–H groups in total. The number of hydrogen-bond acceptors (Lipinski definition) is 1. The summed E-state index contributed by atoms with van der Waals surface area (Å²) in [5.41, 5.74) is 1.45. The van der Waals surface area contributed by atoms with Crippen LogP contribution in [0.2, 0.25) is 0 Å². The van der Waals surface area contributed by atoms with Gasteiger partial charge in [-0.05, 0) is 17.5 Å². The lowest BCUT2D eigenvalue weighted by atomic mass is 10.1. The van der Waals surface area contributed by atoms with E-state index in [1.165, 1.54) is 6.20 Å². The number of pyridine rings is 1. The summed E-state index contributed by atoms with van der Waals surface area (Å²) in [6, 6.07) is 3.77. The van der Waals surface area contributed by atoms with Gasteiger partial charge in [0, 0.05) is 12.4 Å². The summed E-state index contributed by atoms with van der Waals surface area (Å²) in [7, 11) is 0. The first-order valence-corrected chi connectivity index (χ1v) is 4.85. The summed E-state index contributed by atoms with van der Waals surface area (Å²) >= 11 is 0. The Morgan fingerprint density at radius 1 is 1.33 bits per heavy atom. The van der Waals surface area contributed by atoms with Gasteiger partial charge in [-0.2, -0.15) is 0 Å². The number of alkyl halides is 2. The van der Waals surface area contributed by atoms with Gasteiger partial charge in [-0.15, -0.1) is 0 Å². The molecular weight excluding hydrogens is 198 g/mol. The normalized spacial score (nSPS) is 11.9. The molecule has 0 radical (unpaired) electrons.